The molecule has 1 aromatic rings. The van der Waals surface area contributed by atoms with Crippen molar-refractivity contribution in [3.05, 3.63) is 16.4 Å². The highest BCUT2D eigenvalue weighted by Crippen LogP contribution is 2.28. The molecule has 0 bridgehead atoms. The van der Waals surface area contributed by atoms with Gasteiger partial charge in [-0.2, -0.15) is 0 Å². The van der Waals surface area contributed by atoms with Crippen LogP contribution in [0.25, 0.3) is 0 Å². The SMILES string of the molecule is CNc1ncnc(NCCCN2CCCC2)c1[N+](=O)[O-]. The van der Waals surface area contributed by atoms with Gasteiger partial charge in [0.1, 0.15) is 6.33 Å². The third-order valence-corrected chi connectivity index (χ3v) is 3.38. The fourth-order valence-electron chi connectivity index (χ4n) is 2.38. The Bertz CT molecular complexity index is 461. The molecule has 0 spiro atoms. The largest absolute Gasteiger partial charge is 0.367 e. The molecule has 0 aliphatic carbocycles. The number of nitrogens with zero attached hydrogens (tertiary/aromatic N) is 4. The lowest BCUT2D eigenvalue weighted by Gasteiger charge is -2.14. The van der Waals surface area contributed by atoms with Gasteiger partial charge < -0.3 is 15.5 Å². The van der Waals surface area contributed by atoms with Crippen molar-refractivity contribution in [1.29, 1.82) is 0 Å². The van der Waals surface area contributed by atoms with Gasteiger partial charge >= 0.3 is 5.69 Å². The molecule has 1 saturated heterocycles. The summed E-state index contributed by atoms with van der Waals surface area (Å²) < 4.78 is 0. The van der Waals surface area contributed by atoms with E-state index in [1.54, 1.807) is 7.05 Å². The van der Waals surface area contributed by atoms with Crippen molar-refractivity contribution in [2.45, 2.75) is 19.3 Å². The summed E-state index contributed by atoms with van der Waals surface area (Å²) in [6.45, 7) is 4.01. The quantitative estimate of drug-likeness (QED) is 0.442. The van der Waals surface area contributed by atoms with Crippen LogP contribution in [0.1, 0.15) is 19.3 Å². The molecule has 20 heavy (non-hydrogen) atoms. The van der Waals surface area contributed by atoms with E-state index >= 15 is 0 Å². The Balaban J connectivity index is 1.89. The lowest BCUT2D eigenvalue weighted by atomic mass is 10.3. The molecule has 8 heteroatoms. The lowest BCUT2D eigenvalue weighted by Crippen LogP contribution is -2.22. The summed E-state index contributed by atoms with van der Waals surface area (Å²) in [5.74, 6) is 0.503. The first-order chi connectivity index (χ1) is 9.72. The van der Waals surface area contributed by atoms with E-state index in [9.17, 15) is 10.1 Å². The molecular weight excluding hydrogens is 260 g/mol. The Morgan fingerprint density at radius 2 is 2.05 bits per heavy atom. The summed E-state index contributed by atoms with van der Waals surface area (Å²) in [5.41, 5.74) is -0.101. The van der Waals surface area contributed by atoms with E-state index in [0.717, 1.165) is 26.1 Å². The Kier molecular flexibility index (Phi) is 5.05. The van der Waals surface area contributed by atoms with E-state index in [4.69, 9.17) is 0 Å². The molecule has 0 unspecified atom stereocenters. The zero-order valence-corrected chi connectivity index (χ0v) is 11.6. The minimum atomic E-state index is -0.464. The molecule has 1 aliphatic rings. The summed E-state index contributed by atoms with van der Waals surface area (Å²) in [6.07, 6.45) is 4.81. The first kappa shape index (κ1) is 14.4. The Hall–Kier alpha value is -1.96. The van der Waals surface area contributed by atoms with Gasteiger partial charge in [-0.3, -0.25) is 10.1 Å². The monoisotopic (exact) mass is 280 g/mol. The molecule has 1 fully saturated rings. The number of nitrogens with one attached hydrogen (secondary N) is 2. The highest BCUT2D eigenvalue weighted by atomic mass is 16.6. The van der Waals surface area contributed by atoms with Crippen LogP contribution in [0.4, 0.5) is 17.3 Å². The van der Waals surface area contributed by atoms with Crippen LogP contribution in [0.2, 0.25) is 0 Å². The third-order valence-electron chi connectivity index (χ3n) is 3.38. The molecule has 0 amide bonds. The predicted octanol–water partition coefficient (Wildman–Crippen LogP) is 1.32. The van der Waals surface area contributed by atoms with E-state index in [-0.39, 0.29) is 17.3 Å². The molecular formula is C12H20N6O2. The third kappa shape index (κ3) is 3.53. The Labute approximate surface area is 117 Å². The minimum Gasteiger partial charge on any atom is -0.367 e. The van der Waals surface area contributed by atoms with Crippen LogP contribution in [0.5, 0.6) is 0 Å². The number of anilines is 2. The summed E-state index contributed by atoms with van der Waals surface area (Å²) in [5, 5.41) is 16.8. The zero-order valence-electron chi connectivity index (χ0n) is 11.6. The number of aromatic nitrogens is 2. The molecule has 8 nitrogen and oxygen atoms in total. The second-order valence-corrected chi connectivity index (χ2v) is 4.76. The van der Waals surface area contributed by atoms with Crippen LogP contribution in [-0.2, 0) is 0 Å². The normalized spacial score (nSPS) is 15.2. The van der Waals surface area contributed by atoms with Crippen molar-refractivity contribution in [2.24, 2.45) is 0 Å². The van der Waals surface area contributed by atoms with Crippen LogP contribution in [-0.4, -0.2) is 53.0 Å². The first-order valence-corrected chi connectivity index (χ1v) is 6.85. The van der Waals surface area contributed by atoms with Gasteiger partial charge in [0, 0.05) is 13.6 Å². The van der Waals surface area contributed by atoms with Crippen molar-refractivity contribution in [3.63, 3.8) is 0 Å². The summed E-state index contributed by atoms with van der Waals surface area (Å²) in [7, 11) is 1.60. The predicted molar refractivity (Wildman–Crippen MR) is 77.0 cm³/mol. The molecule has 0 radical (unpaired) electrons. The smallest absolute Gasteiger partial charge is 0.353 e. The second kappa shape index (κ2) is 6.99. The molecule has 0 saturated carbocycles. The van der Waals surface area contributed by atoms with E-state index in [0.29, 0.717) is 6.54 Å². The molecule has 1 aliphatic heterocycles. The zero-order chi connectivity index (χ0) is 14.4. The van der Waals surface area contributed by atoms with Crippen molar-refractivity contribution in [2.75, 3.05) is 43.9 Å². The van der Waals surface area contributed by atoms with Crippen LogP contribution in [0, 0.1) is 10.1 Å². The van der Waals surface area contributed by atoms with Crippen molar-refractivity contribution < 1.29 is 4.92 Å². The van der Waals surface area contributed by atoms with Gasteiger partial charge in [-0.1, -0.05) is 0 Å². The molecule has 2 rings (SSSR count). The van der Waals surface area contributed by atoms with Crippen molar-refractivity contribution in [3.8, 4) is 0 Å². The number of hydrogen-bond acceptors (Lipinski definition) is 7. The maximum Gasteiger partial charge on any atom is 0.353 e. The standard InChI is InChI=1S/C12H20N6O2/c1-13-11-10(18(19)20)12(16-9-15-11)14-5-4-8-17-6-2-3-7-17/h9H,2-8H2,1H3,(H2,13,14,15,16). The Morgan fingerprint density at radius 3 is 2.70 bits per heavy atom. The van der Waals surface area contributed by atoms with E-state index < -0.39 is 4.92 Å². The van der Waals surface area contributed by atoms with E-state index in [1.165, 1.54) is 19.2 Å². The van der Waals surface area contributed by atoms with Gasteiger partial charge in [-0.05, 0) is 38.9 Å². The summed E-state index contributed by atoms with van der Waals surface area (Å²) in [6, 6.07) is 0. The number of nitro groups is 1. The van der Waals surface area contributed by atoms with Gasteiger partial charge in [-0.15, -0.1) is 0 Å². The highest BCUT2D eigenvalue weighted by molar-refractivity contribution is 5.68. The van der Waals surface area contributed by atoms with Gasteiger partial charge in [0.15, 0.2) is 0 Å². The average molecular weight is 280 g/mol. The van der Waals surface area contributed by atoms with Crippen LogP contribution in [0.15, 0.2) is 6.33 Å². The lowest BCUT2D eigenvalue weighted by molar-refractivity contribution is -0.383. The van der Waals surface area contributed by atoms with Crippen molar-refractivity contribution in [1.82, 2.24) is 14.9 Å². The molecule has 2 heterocycles. The number of hydrogen-bond donors (Lipinski definition) is 2. The summed E-state index contributed by atoms with van der Waals surface area (Å²) in [4.78, 5) is 20.8. The van der Waals surface area contributed by atoms with Gasteiger partial charge in [-0.25, -0.2) is 9.97 Å². The molecule has 110 valence electrons. The van der Waals surface area contributed by atoms with Gasteiger partial charge in [0.05, 0.1) is 4.92 Å². The fourth-order valence-corrected chi connectivity index (χ4v) is 2.38. The topological polar surface area (TPSA) is 96.2 Å². The minimum absolute atomic E-state index is 0.101. The van der Waals surface area contributed by atoms with Crippen LogP contribution < -0.4 is 10.6 Å². The average Bonchev–Trinajstić information content (AvgIpc) is 2.96. The van der Waals surface area contributed by atoms with Gasteiger partial charge in [0.2, 0.25) is 11.6 Å². The van der Waals surface area contributed by atoms with E-state index in [2.05, 4.69) is 25.5 Å². The van der Waals surface area contributed by atoms with Crippen LogP contribution >= 0.6 is 0 Å². The maximum absolute atomic E-state index is 11.1. The molecule has 2 N–H and O–H groups in total. The molecule has 0 atom stereocenters. The van der Waals surface area contributed by atoms with Gasteiger partial charge in [0.25, 0.3) is 0 Å². The second-order valence-electron chi connectivity index (χ2n) is 4.76. The highest BCUT2D eigenvalue weighted by Gasteiger charge is 2.21. The van der Waals surface area contributed by atoms with Crippen LogP contribution in [0.3, 0.4) is 0 Å². The number of rotatable bonds is 7. The molecule has 0 aromatic carbocycles. The Morgan fingerprint density at radius 1 is 1.35 bits per heavy atom. The first-order valence-electron chi connectivity index (χ1n) is 6.85. The van der Waals surface area contributed by atoms with Crippen molar-refractivity contribution >= 4 is 17.3 Å². The summed E-state index contributed by atoms with van der Waals surface area (Å²) >= 11 is 0. The van der Waals surface area contributed by atoms with E-state index in [1.807, 2.05) is 0 Å². The fraction of sp³-hybridized carbons (Fsp3) is 0.667. The maximum atomic E-state index is 11.1. The molecule has 1 aromatic heterocycles. The number of likely N-dealkylation sites (tertiary alicyclic amines) is 1.